The third-order valence-corrected chi connectivity index (χ3v) is 2.97. The Morgan fingerprint density at radius 2 is 2.21 bits per heavy atom. The van der Waals surface area contributed by atoms with E-state index < -0.39 is 0 Å². The Balaban J connectivity index is 2.11. The molecule has 0 bridgehead atoms. The van der Waals surface area contributed by atoms with E-state index in [0.717, 1.165) is 11.0 Å². The lowest BCUT2D eigenvalue weighted by Crippen LogP contribution is -2.10. The van der Waals surface area contributed by atoms with E-state index in [1.807, 2.05) is 7.05 Å². The zero-order chi connectivity index (χ0) is 13.4. The molecule has 0 aliphatic heterocycles. The van der Waals surface area contributed by atoms with E-state index in [2.05, 4.69) is 15.3 Å². The molecule has 98 valence electrons. The Hall–Kier alpha value is -2.28. The summed E-state index contributed by atoms with van der Waals surface area (Å²) in [6.45, 7) is 1.10. The molecule has 0 saturated carbocycles. The Morgan fingerprint density at radius 3 is 3.00 bits per heavy atom. The first-order chi connectivity index (χ1) is 9.19. The summed E-state index contributed by atoms with van der Waals surface area (Å²) in [4.78, 5) is 4.45. The Labute approximate surface area is 108 Å². The van der Waals surface area contributed by atoms with Crippen molar-refractivity contribution in [1.82, 2.24) is 24.5 Å². The minimum absolute atomic E-state index is 0.283. The molecule has 19 heavy (non-hydrogen) atoms. The lowest BCUT2D eigenvalue weighted by Gasteiger charge is -1.98. The van der Waals surface area contributed by atoms with Gasteiger partial charge in [-0.25, -0.2) is 9.37 Å². The fraction of sp³-hybridized carbons (Fsp3) is 0.250. The van der Waals surface area contributed by atoms with Crippen molar-refractivity contribution in [2.45, 2.75) is 6.54 Å². The van der Waals surface area contributed by atoms with Crippen LogP contribution in [0.4, 0.5) is 4.39 Å². The van der Waals surface area contributed by atoms with E-state index in [4.69, 9.17) is 5.73 Å². The molecule has 0 atom stereocenters. The zero-order valence-corrected chi connectivity index (χ0v) is 10.4. The van der Waals surface area contributed by atoms with Crippen LogP contribution in [0.2, 0.25) is 0 Å². The maximum atomic E-state index is 13.2. The van der Waals surface area contributed by atoms with Gasteiger partial charge < -0.3 is 10.3 Å². The summed E-state index contributed by atoms with van der Waals surface area (Å²) in [5.74, 6) is 0.373. The number of benzene rings is 1. The zero-order valence-electron chi connectivity index (χ0n) is 10.4. The van der Waals surface area contributed by atoms with Crippen molar-refractivity contribution in [3.05, 3.63) is 30.2 Å². The van der Waals surface area contributed by atoms with Crippen LogP contribution in [-0.2, 0) is 13.6 Å². The monoisotopic (exact) mass is 260 g/mol. The van der Waals surface area contributed by atoms with Gasteiger partial charge in [-0.1, -0.05) is 5.21 Å². The molecule has 0 fully saturated rings. The molecule has 2 aromatic heterocycles. The molecule has 0 spiro atoms. The number of aryl methyl sites for hydroxylation is 1. The summed E-state index contributed by atoms with van der Waals surface area (Å²) < 4.78 is 16.7. The average molecular weight is 260 g/mol. The van der Waals surface area contributed by atoms with Crippen molar-refractivity contribution >= 4 is 11.0 Å². The second-order valence-electron chi connectivity index (χ2n) is 4.28. The van der Waals surface area contributed by atoms with Crippen molar-refractivity contribution in [1.29, 1.82) is 0 Å². The van der Waals surface area contributed by atoms with Crippen LogP contribution in [0.1, 0.15) is 0 Å². The first-order valence-electron chi connectivity index (χ1n) is 5.91. The maximum Gasteiger partial charge on any atom is 0.163 e. The molecule has 0 aliphatic rings. The predicted octanol–water partition coefficient (Wildman–Crippen LogP) is 0.930. The van der Waals surface area contributed by atoms with Crippen LogP contribution in [0.25, 0.3) is 22.6 Å². The standard InChI is InChI=1S/C12H13FN6/c1-18-11-6-8(13)2-3-9(11)15-12(18)10-7-19(5-4-14)17-16-10/h2-3,6-7H,4-5,14H2,1H3. The van der Waals surface area contributed by atoms with Crippen molar-refractivity contribution in [2.24, 2.45) is 12.8 Å². The van der Waals surface area contributed by atoms with Crippen molar-refractivity contribution in [3.8, 4) is 11.5 Å². The van der Waals surface area contributed by atoms with Gasteiger partial charge in [0.05, 0.1) is 23.8 Å². The van der Waals surface area contributed by atoms with Crippen molar-refractivity contribution in [3.63, 3.8) is 0 Å². The predicted molar refractivity (Wildman–Crippen MR) is 68.7 cm³/mol. The minimum Gasteiger partial charge on any atom is -0.329 e. The number of aromatic nitrogens is 5. The summed E-state index contributed by atoms with van der Waals surface area (Å²) >= 11 is 0. The molecule has 6 nitrogen and oxygen atoms in total. The van der Waals surface area contributed by atoms with Crippen LogP contribution in [0.5, 0.6) is 0 Å². The van der Waals surface area contributed by atoms with Crippen molar-refractivity contribution < 1.29 is 4.39 Å². The highest BCUT2D eigenvalue weighted by atomic mass is 19.1. The highest BCUT2D eigenvalue weighted by molar-refractivity contribution is 5.79. The van der Waals surface area contributed by atoms with Crippen LogP contribution < -0.4 is 5.73 Å². The van der Waals surface area contributed by atoms with Gasteiger partial charge in [-0.15, -0.1) is 5.10 Å². The molecular formula is C12H13FN6. The second-order valence-corrected chi connectivity index (χ2v) is 4.28. The third-order valence-electron chi connectivity index (χ3n) is 2.97. The van der Waals surface area contributed by atoms with Crippen LogP contribution in [0.3, 0.4) is 0 Å². The van der Waals surface area contributed by atoms with E-state index in [0.29, 0.717) is 24.6 Å². The second kappa shape index (κ2) is 4.43. The molecule has 2 heterocycles. The number of hydrogen-bond acceptors (Lipinski definition) is 4. The van der Waals surface area contributed by atoms with Gasteiger partial charge in [-0.05, 0) is 18.2 Å². The highest BCUT2D eigenvalue weighted by Gasteiger charge is 2.13. The van der Waals surface area contributed by atoms with Crippen LogP contribution in [0, 0.1) is 5.82 Å². The van der Waals surface area contributed by atoms with Gasteiger partial charge in [0, 0.05) is 13.6 Å². The molecule has 0 radical (unpaired) electrons. The number of fused-ring (bicyclic) bond motifs is 1. The third kappa shape index (κ3) is 1.97. The number of nitrogens with two attached hydrogens (primary N) is 1. The number of imidazole rings is 1. The topological polar surface area (TPSA) is 74.5 Å². The lowest BCUT2D eigenvalue weighted by atomic mass is 10.3. The summed E-state index contributed by atoms with van der Waals surface area (Å²) in [5.41, 5.74) is 7.57. The molecule has 0 aliphatic carbocycles. The SMILES string of the molecule is Cn1c(-c2cn(CCN)nn2)nc2ccc(F)cc21. The fourth-order valence-corrected chi connectivity index (χ4v) is 2.03. The van der Waals surface area contributed by atoms with Crippen LogP contribution >= 0.6 is 0 Å². The molecule has 3 rings (SSSR count). The largest absolute Gasteiger partial charge is 0.329 e. The van der Waals surface area contributed by atoms with Gasteiger partial charge in [0.15, 0.2) is 5.82 Å². The van der Waals surface area contributed by atoms with Gasteiger partial charge in [-0.2, -0.15) is 0 Å². The summed E-state index contributed by atoms with van der Waals surface area (Å²) in [6, 6.07) is 4.50. The van der Waals surface area contributed by atoms with E-state index in [1.54, 1.807) is 21.5 Å². The van der Waals surface area contributed by atoms with Gasteiger partial charge in [-0.3, -0.25) is 4.68 Å². The molecule has 0 saturated heterocycles. The molecule has 0 unspecified atom stereocenters. The van der Waals surface area contributed by atoms with Gasteiger partial charge in [0.1, 0.15) is 11.5 Å². The van der Waals surface area contributed by atoms with E-state index in [-0.39, 0.29) is 5.82 Å². The highest BCUT2D eigenvalue weighted by Crippen LogP contribution is 2.22. The van der Waals surface area contributed by atoms with Gasteiger partial charge in [0.25, 0.3) is 0 Å². The molecule has 7 heteroatoms. The molecule has 2 N–H and O–H groups in total. The summed E-state index contributed by atoms with van der Waals surface area (Å²) in [5, 5.41) is 8.03. The minimum atomic E-state index is -0.283. The van der Waals surface area contributed by atoms with E-state index in [1.165, 1.54) is 12.1 Å². The summed E-state index contributed by atoms with van der Waals surface area (Å²) in [7, 11) is 1.83. The number of rotatable bonds is 3. The maximum absolute atomic E-state index is 13.2. The average Bonchev–Trinajstić information content (AvgIpc) is 2.96. The Kier molecular flexibility index (Phi) is 2.75. The normalized spacial score (nSPS) is 11.3. The van der Waals surface area contributed by atoms with Crippen molar-refractivity contribution in [2.75, 3.05) is 6.54 Å². The van der Waals surface area contributed by atoms with Gasteiger partial charge >= 0.3 is 0 Å². The van der Waals surface area contributed by atoms with Crippen LogP contribution in [0.15, 0.2) is 24.4 Å². The number of halogens is 1. The quantitative estimate of drug-likeness (QED) is 0.760. The molecule has 3 aromatic rings. The Bertz CT molecular complexity index is 729. The first kappa shape index (κ1) is 11.8. The van der Waals surface area contributed by atoms with E-state index in [9.17, 15) is 4.39 Å². The van der Waals surface area contributed by atoms with Gasteiger partial charge in [0.2, 0.25) is 0 Å². The lowest BCUT2D eigenvalue weighted by molar-refractivity contribution is 0.598. The molecule has 0 amide bonds. The summed E-state index contributed by atoms with van der Waals surface area (Å²) in [6.07, 6.45) is 1.78. The molecule has 1 aromatic carbocycles. The smallest absolute Gasteiger partial charge is 0.163 e. The van der Waals surface area contributed by atoms with Crippen LogP contribution in [-0.4, -0.2) is 31.1 Å². The fourth-order valence-electron chi connectivity index (χ4n) is 2.03. The first-order valence-corrected chi connectivity index (χ1v) is 5.91. The van der Waals surface area contributed by atoms with E-state index >= 15 is 0 Å². The Morgan fingerprint density at radius 1 is 1.37 bits per heavy atom. The molecular weight excluding hydrogens is 247 g/mol. The number of hydrogen-bond donors (Lipinski definition) is 1. The number of nitrogens with zero attached hydrogens (tertiary/aromatic N) is 5.